The van der Waals surface area contributed by atoms with Crippen LogP contribution < -0.4 is 0 Å². The maximum Gasteiger partial charge on any atom is 0.420 e. The number of aromatic nitrogens is 2. The van der Waals surface area contributed by atoms with Gasteiger partial charge in [-0.2, -0.15) is 13.2 Å². The molecule has 1 atom stereocenters. The van der Waals surface area contributed by atoms with E-state index >= 15 is 0 Å². The fourth-order valence-electron chi connectivity index (χ4n) is 4.47. The minimum Gasteiger partial charge on any atom is -0.472 e. The highest BCUT2D eigenvalue weighted by Gasteiger charge is 2.46. The van der Waals surface area contributed by atoms with Gasteiger partial charge in [-0.25, -0.2) is 4.98 Å². The summed E-state index contributed by atoms with van der Waals surface area (Å²) < 4.78 is 48.4. The lowest BCUT2D eigenvalue weighted by atomic mass is 9.77. The highest BCUT2D eigenvalue weighted by Crippen LogP contribution is 2.45. The first-order chi connectivity index (χ1) is 15.3. The molecule has 4 heterocycles. The fraction of sp³-hybridized carbons (Fsp3) is 0.217. The molecule has 164 valence electrons. The van der Waals surface area contributed by atoms with Crippen molar-refractivity contribution in [3.05, 3.63) is 83.2 Å². The van der Waals surface area contributed by atoms with E-state index in [1.807, 2.05) is 30.3 Å². The lowest BCUT2D eigenvalue weighted by Gasteiger charge is -2.28. The topological polar surface area (TPSA) is 50.8 Å². The Morgan fingerprint density at radius 1 is 1.16 bits per heavy atom. The van der Waals surface area contributed by atoms with Gasteiger partial charge in [0.25, 0.3) is 0 Å². The molecule has 1 aliphatic rings. The van der Waals surface area contributed by atoms with E-state index in [9.17, 15) is 18.0 Å². The first-order valence-corrected chi connectivity index (χ1v) is 10.3. The van der Waals surface area contributed by atoms with Crippen LogP contribution in [0.5, 0.6) is 0 Å². The first-order valence-electron chi connectivity index (χ1n) is 9.90. The van der Waals surface area contributed by atoms with Crippen LogP contribution in [-0.2, 0) is 16.4 Å². The first kappa shape index (κ1) is 20.6. The van der Waals surface area contributed by atoms with E-state index in [-0.39, 0.29) is 17.3 Å². The van der Waals surface area contributed by atoms with E-state index in [0.717, 1.165) is 18.0 Å². The molecule has 32 heavy (non-hydrogen) atoms. The average molecular weight is 460 g/mol. The smallest absolute Gasteiger partial charge is 0.420 e. The number of hydrogen-bond donors (Lipinski definition) is 0. The van der Waals surface area contributed by atoms with Gasteiger partial charge in [-0.15, -0.1) is 0 Å². The highest BCUT2D eigenvalue weighted by atomic mass is 35.5. The van der Waals surface area contributed by atoms with Crippen molar-refractivity contribution in [2.24, 2.45) is 0 Å². The van der Waals surface area contributed by atoms with Crippen LogP contribution >= 0.6 is 11.6 Å². The number of pyridine rings is 1. The lowest BCUT2D eigenvalue weighted by molar-refractivity contribution is -0.136. The molecule has 1 aromatic carbocycles. The van der Waals surface area contributed by atoms with Crippen molar-refractivity contribution >= 4 is 23.7 Å². The third-order valence-electron chi connectivity index (χ3n) is 6.05. The van der Waals surface area contributed by atoms with E-state index in [2.05, 4.69) is 4.98 Å². The molecular formula is C23H17ClF3N3O2. The van der Waals surface area contributed by atoms with Crippen molar-refractivity contribution in [3.8, 4) is 11.1 Å². The second-order valence-electron chi connectivity index (χ2n) is 7.87. The summed E-state index contributed by atoms with van der Waals surface area (Å²) in [6, 6.07) is 12.0. The molecule has 0 saturated carbocycles. The Morgan fingerprint density at radius 2 is 1.94 bits per heavy atom. The average Bonchev–Trinajstić information content (AvgIpc) is 3.53. The maximum atomic E-state index is 14.0. The zero-order chi connectivity index (χ0) is 22.5. The summed E-state index contributed by atoms with van der Waals surface area (Å²) in [6.45, 7) is 0.731. The second kappa shape index (κ2) is 7.41. The third kappa shape index (κ3) is 3.17. The summed E-state index contributed by atoms with van der Waals surface area (Å²) in [5.41, 5.74) is -0.0110. The predicted octanol–water partition coefficient (Wildman–Crippen LogP) is 5.41. The number of hydrogen-bond acceptors (Lipinski definition) is 3. The van der Waals surface area contributed by atoms with Gasteiger partial charge < -0.3 is 9.32 Å². The predicted molar refractivity (Wildman–Crippen MR) is 112 cm³/mol. The molecule has 9 heteroatoms. The molecule has 1 aliphatic heterocycles. The molecule has 5 nitrogen and oxygen atoms in total. The number of imidazole rings is 1. The van der Waals surface area contributed by atoms with E-state index < -0.39 is 17.2 Å². The van der Waals surface area contributed by atoms with Gasteiger partial charge in [0.15, 0.2) is 5.65 Å². The molecule has 0 radical (unpaired) electrons. The molecule has 1 amide bonds. The minimum absolute atomic E-state index is 0.0902. The Hall–Kier alpha value is -3.26. The number of amides is 1. The SMILES string of the molecule is O=CN1CCC(c2ccccc2)(c2nc3c(C(F)(F)F)cc(-c4ccoc4)cn3c2Cl)C1. The number of benzene rings is 1. The standard InChI is InChI=1S/C23H17ClF3N3O2/c24-20-19(22(7-8-29(13-22)14-31)17-4-2-1-3-5-17)28-21-18(23(25,26)27)10-16(11-30(20)21)15-6-9-32-12-15/h1-6,9-12,14H,7-8,13H2. The second-order valence-corrected chi connectivity index (χ2v) is 8.23. The normalized spacial score (nSPS) is 19.1. The molecule has 5 rings (SSSR count). The molecule has 3 aromatic heterocycles. The van der Waals surface area contributed by atoms with Crippen LogP contribution in [0, 0.1) is 0 Å². The highest BCUT2D eigenvalue weighted by molar-refractivity contribution is 6.30. The van der Waals surface area contributed by atoms with Gasteiger partial charge in [0.1, 0.15) is 5.15 Å². The van der Waals surface area contributed by atoms with E-state index in [4.69, 9.17) is 16.0 Å². The van der Waals surface area contributed by atoms with Crippen molar-refractivity contribution in [3.63, 3.8) is 0 Å². The number of nitrogens with zero attached hydrogens (tertiary/aromatic N) is 3. The third-order valence-corrected chi connectivity index (χ3v) is 6.41. The number of carbonyl (C=O) groups excluding carboxylic acids is 1. The molecule has 0 N–H and O–H groups in total. The van der Waals surface area contributed by atoms with Crippen LogP contribution in [0.1, 0.15) is 23.2 Å². The van der Waals surface area contributed by atoms with Crippen molar-refractivity contribution in [2.45, 2.75) is 18.0 Å². The molecule has 0 spiro atoms. The quantitative estimate of drug-likeness (QED) is 0.383. The molecule has 0 bridgehead atoms. The largest absolute Gasteiger partial charge is 0.472 e. The monoisotopic (exact) mass is 459 g/mol. The maximum absolute atomic E-state index is 14.0. The number of rotatable bonds is 4. The van der Waals surface area contributed by atoms with Crippen molar-refractivity contribution in [1.29, 1.82) is 0 Å². The Morgan fingerprint density at radius 3 is 2.56 bits per heavy atom. The Bertz CT molecular complexity index is 1290. The molecule has 1 saturated heterocycles. The summed E-state index contributed by atoms with van der Waals surface area (Å²) >= 11 is 6.73. The summed E-state index contributed by atoms with van der Waals surface area (Å²) in [5, 5.41) is 0.0902. The van der Waals surface area contributed by atoms with Gasteiger partial charge in [0, 0.05) is 30.4 Å². The molecule has 1 fully saturated rings. The number of fused-ring (bicyclic) bond motifs is 1. The van der Waals surface area contributed by atoms with Gasteiger partial charge in [0.05, 0.1) is 29.2 Å². The number of alkyl halides is 3. The zero-order valence-electron chi connectivity index (χ0n) is 16.6. The Labute approximate surface area is 186 Å². The van der Waals surface area contributed by atoms with Gasteiger partial charge in [-0.1, -0.05) is 41.9 Å². The zero-order valence-corrected chi connectivity index (χ0v) is 17.4. The van der Waals surface area contributed by atoms with Crippen LogP contribution in [0.3, 0.4) is 0 Å². The van der Waals surface area contributed by atoms with Gasteiger partial charge in [-0.3, -0.25) is 9.20 Å². The molecular weight excluding hydrogens is 443 g/mol. The van der Waals surface area contributed by atoms with Crippen LogP contribution in [-0.4, -0.2) is 33.8 Å². The minimum atomic E-state index is -4.64. The van der Waals surface area contributed by atoms with E-state index in [0.29, 0.717) is 29.8 Å². The summed E-state index contributed by atoms with van der Waals surface area (Å²) in [7, 11) is 0. The van der Waals surface area contributed by atoms with Crippen LogP contribution in [0.15, 0.2) is 65.6 Å². The van der Waals surface area contributed by atoms with Crippen LogP contribution in [0.4, 0.5) is 13.2 Å². The Kier molecular flexibility index (Phi) is 4.78. The summed E-state index contributed by atoms with van der Waals surface area (Å²) in [5.74, 6) is 0. The van der Waals surface area contributed by atoms with E-state index in [1.165, 1.54) is 23.1 Å². The molecule has 4 aromatic rings. The molecule has 1 unspecified atom stereocenters. The van der Waals surface area contributed by atoms with Gasteiger partial charge in [-0.05, 0) is 24.1 Å². The van der Waals surface area contributed by atoms with Crippen molar-refractivity contribution < 1.29 is 22.4 Å². The molecule has 0 aliphatic carbocycles. The summed E-state index contributed by atoms with van der Waals surface area (Å²) in [4.78, 5) is 17.5. The van der Waals surface area contributed by atoms with Gasteiger partial charge in [0.2, 0.25) is 6.41 Å². The van der Waals surface area contributed by atoms with Crippen LogP contribution in [0.2, 0.25) is 5.15 Å². The fourth-order valence-corrected chi connectivity index (χ4v) is 4.82. The number of halogens is 4. The van der Waals surface area contributed by atoms with Crippen molar-refractivity contribution in [2.75, 3.05) is 13.1 Å². The lowest BCUT2D eigenvalue weighted by Crippen LogP contribution is -2.32. The number of carbonyl (C=O) groups is 1. The Balaban J connectivity index is 1.79. The van der Waals surface area contributed by atoms with Crippen molar-refractivity contribution in [1.82, 2.24) is 14.3 Å². The van der Waals surface area contributed by atoms with E-state index in [1.54, 1.807) is 11.0 Å². The number of likely N-dealkylation sites (tertiary alicyclic amines) is 1. The number of furan rings is 1. The summed E-state index contributed by atoms with van der Waals surface area (Å²) in [6.07, 6.45) is 0.890. The van der Waals surface area contributed by atoms with Gasteiger partial charge >= 0.3 is 6.18 Å². The van der Waals surface area contributed by atoms with Crippen LogP contribution in [0.25, 0.3) is 16.8 Å².